The first kappa shape index (κ1) is 18.2. The quantitative estimate of drug-likeness (QED) is 0.447. The third kappa shape index (κ3) is 5.17. The molecule has 0 atom stereocenters. The lowest BCUT2D eigenvalue weighted by atomic mass is 10.2. The zero-order valence-electron chi connectivity index (χ0n) is 13.5. The molecule has 0 unspecified atom stereocenters. The second-order valence-corrected chi connectivity index (χ2v) is 4.99. The van der Waals surface area contributed by atoms with E-state index in [4.69, 9.17) is 9.47 Å². The van der Waals surface area contributed by atoms with Gasteiger partial charge in [0.2, 0.25) is 0 Å². The summed E-state index contributed by atoms with van der Waals surface area (Å²) < 4.78 is 24.2. The maximum absolute atomic E-state index is 14.2. The number of nitro benzene ring substituents is 1. The largest absolute Gasteiger partial charge is 0.486 e. The van der Waals surface area contributed by atoms with Gasteiger partial charge >= 0.3 is 5.97 Å². The number of carbonyl (C=O) groups is 1. The predicted molar refractivity (Wildman–Crippen MR) is 89.0 cm³/mol. The van der Waals surface area contributed by atoms with Crippen LogP contribution in [0.2, 0.25) is 0 Å². The number of anilines is 1. The van der Waals surface area contributed by atoms with Crippen molar-refractivity contribution in [3.8, 4) is 5.75 Å². The van der Waals surface area contributed by atoms with Gasteiger partial charge in [-0.15, -0.1) is 0 Å². The Labute approximate surface area is 143 Å². The summed E-state index contributed by atoms with van der Waals surface area (Å²) in [5.74, 6) is -1.60. The fourth-order valence-corrected chi connectivity index (χ4v) is 2.06. The van der Waals surface area contributed by atoms with Gasteiger partial charge in [-0.25, -0.2) is 4.39 Å². The van der Waals surface area contributed by atoms with Crippen molar-refractivity contribution in [2.75, 3.05) is 18.5 Å². The molecular formula is C17H17FN2O5. The van der Waals surface area contributed by atoms with Crippen LogP contribution in [0.3, 0.4) is 0 Å². The number of esters is 1. The van der Waals surface area contributed by atoms with Crippen LogP contribution in [0, 0.1) is 15.9 Å². The van der Waals surface area contributed by atoms with Crippen LogP contribution >= 0.6 is 0 Å². The minimum Gasteiger partial charge on any atom is -0.486 e. The second-order valence-electron chi connectivity index (χ2n) is 4.99. The van der Waals surface area contributed by atoms with Crippen molar-refractivity contribution in [2.24, 2.45) is 0 Å². The molecule has 0 aliphatic heterocycles. The average Bonchev–Trinajstić information content (AvgIpc) is 2.60. The lowest BCUT2D eigenvalue weighted by molar-refractivity contribution is -0.384. The number of carbonyl (C=O) groups excluding carboxylic acids is 1. The number of benzene rings is 2. The van der Waals surface area contributed by atoms with Crippen molar-refractivity contribution in [1.29, 1.82) is 0 Å². The number of rotatable bonds is 8. The molecule has 0 saturated heterocycles. The number of ether oxygens (including phenoxy) is 2. The summed E-state index contributed by atoms with van der Waals surface area (Å²) in [5.41, 5.74) is 0.283. The van der Waals surface area contributed by atoms with Gasteiger partial charge in [-0.1, -0.05) is 30.3 Å². The molecular weight excluding hydrogens is 331 g/mol. The Bertz CT molecular complexity index is 752. The standard InChI is InChI=1S/C17H17FN2O5/c1-2-24-17(21)10-19-14-8-13(18)16(9-15(14)20(22)23)25-11-12-6-4-3-5-7-12/h3-9,19H,2,10-11H2,1H3. The molecule has 0 bridgehead atoms. The fraction of sp³-hybridized carbons (Fsp3) is 0.235. The number of nitrogens with zero attached hydrogens (tertiary/aromatic N) is 1. The van der Waals surface area contributed by atoms with Crippen molar-refractivity contribution in [1.82, 2.24) is 0 Å². The van der Waals surface area contributed by atoms with E-state index in [1.165, 1.54) is 0 Å². The Morgan fingerprint density at radius 3 is 2.64 bits per heavy atom. The first-order valence-corrected chi connectivity index (χ1v) is 7.55. The van der Waals surface area contributed by atoms with Crippen LogP contribution < -0.4 is 10.1 Å². The van der Waals surface area contributed by atoms with E-state index in [-0.39, 0.29) is 31.2 Å². The van der Waals surface area contributed by atoms with Crippen LogP contribution in [0.25, 0.3) is 0 Å². The highest BCUT2D eigenvalue weighted by molar-refractivity contribution is 5.77. The zero-order chi connectivity index (χ0) is 18.2. The van der Waals surface area contributed by atoms with Gasteiger partial charge in [-0.05, 0) is 12.5 Å². The minimum absolute atomic E-state index is 0.0739. The summed E-state index contributed by atoms with van der Waals surface area (Å²) >= 11 is 0. The molecule has 0 radical (unpaired) electrons. The summed E-state index contributed by atoms with van der Waals surface area (Å²) in [4.78, 5) is 21.9. The van der Waals surface area contributed by atoms with Crippen LogP contribution in [0.4, 0.5) is 15.8 Å². The van der Waals surface area contributed by atoms with E-state index in [2.05, 4.69) is 5.32 Å². The van der Waals surface area contributed by atoms with Crippen molar-refractivity contribution < 1.29 is 23.6 Å². The highest BCUT2D eigenvalue weighted by Gasteiger charge is 2.20. The van der Waals surface area contributed by atoms with Crippen molar-refractivity contribution in [3.63, 3.8) is 0 Å². The van der Waals surface area contributed by atoms with Gasteiger partial charge in [0.15, 0.2) is 11.6 Å². The highest BCUT2D eigenvalue weighted by Crippen LogP contribution is 2.32. The van der Waals surface area contributed by atoms with Crippen LogP contribution in [-0.4, -0.2) is 24.0 Å². The predicted octanol–water partition coefficient (Wildman–Crippen LogP) is 3.29. The van der Waals surface area contributed by atoms with Gasteiger partial charge in [0.1, 0.15) is 18.8 Å². The summed E-state index contributed by atoms with van der Waals surface area (Å²) in [5, 5.41) is 13.7. The molecule has 0 fully saturated rings. The maximum Gasteiger partial charge on any atom is 0.325 e. The van der Waals surface area contributed by atoms with Crippen molar-refractivity contribution in [3.05, 3.63) is 64.0 Å². The summed E-state index contributed by atoms with van der Waals surface area (Å²) in [6, 6.07) is 10.9. The summed E-state index contributed by atoms with van der Waals surface area (Å²) in [6.07, 6.45) is 0. The smallest absolute Gasteiger partial charge is 0.325 e. The number of nitrogens with one attached hydrogen (secondary N) is 1. The van der Waals surface area contributed by atoms with Crippen LogP contribution in [-0.2, 0) is 16.1 Å². The minimum atomic E-state index is -0.770. The van der Waals surface area contributed by atoms with Gasteiger partial charge in [0, 0.05) is 6.07 Å². The van der Waals surface area contributed by atoms with Crippen LogP contribution in [0.1, 0.15) is 12.5 Å². The number of halogens is 1. The first-order valence-electron chi connectivity index (χ1n) is 7.55. The summed E-state index contributed by atoms with van der Waals surface area (Å²) in [7, 11) is 0. The molecule has 0 saturated carbocycles. The van der Waals surface area contributed by atoms with E-state index < -0.39 is 22.4 Å². The third-order valence-corrected chi connectivity index (χ3v) is 3.21. The van der Waals surface area contributed by atoms with Gasteiger partial charge in [-0.3, -0.25) is 14.9 Å². The Morgan fingerprint density at radius 1 is 1.28 bits per heavy atom. The first-order chi connectivity index (χ1) is 12.0. The second kappa shape index (κ2) is 8.62. The van der Waals surface area contributed by atoms with Gasteiger partial charge in [0.25, 0.3) is 5.69 Å². The zero-order valence-corrected chi connectivity index (χ0v) is 13.5. The van der Waals surface area contributed by atoms with Crippen molar-refractivity contribution in [2.45, 2.75) is 13.5 Å². The Kier molecular flexibility index (Phi) is 6.27. The van der Waals surface area contributed by atoms with Gasteiger partial charge in [0.05, 0.1) is 17.6 Å². The molecule has 1 N–H and O–H groups in total. The normalized spacial score (nSPS) is 10.2. The topological polar surface area (TPSA) is 90.7 Å². The lowest BCUT2D eigenvalue weighted by Crippen LogP contribution is -2.17. The van der Waals surface area contributed by atoms with E-state index in [1.807, 2.05) is 6.07 Å². The SMILES string of the molecule is CCOC(=O)CNc1cc(F)c(OCc2ccccc2)cc1[N+](=O)[O-]. The van der Waals surface area contributed by atoms with E-state index in [0.717, 1.165) is 17.7 Å². The van der Waals surface area contributed by atoms with E-state index in [0.29, 0.717) is 0 Å². The van der Waals surface area contributed by atoms with Crippen molar-refractivity contribution >= 4 is 17.3 Å². The highest BCUT2D eigenvalue weighted by atomic mass is 19.1. The fourth-order valence-electron chi connectivity index (χ4n) is 2.06. The lowest BCUT2D eigenvalue weighted by Gasteiger charge is -2.11. The third-order valence-electron chi connectivity index (χ3n) is 3.21. The molecule has 0 aromatic heterocycles. The van der Waals surface area contributed by atoms with E-state index in [1.54, 1.807) is 31.2 Å². The Hall–Kier alpha value is -3.16. The molecule has 25 heavy (non-hydrogen) atoms. The molecule has 8 heteroatoms. The average molecular weight is 348 g/mol. The Balaban J connectivity index is 2.15. The number of nitro groups is 1. The molecule has 0 heterocycles. The molecule has 2 aromatic carbocycles. The molecule has 132 valence electrons. The van der Waals surface area contributed by atoms with E-state index >= 15 is 0 Å². The molecule has 7 nitrogen and oxygen atoms in total. The van der Waals surface area contributed by atoms with Gasteiger partial charge < -0.3 is 14.8 Å². The molecule has 2 aromatic rings. The number of hydrogen-bond acceptors (Lipinski definition) is 6. The Morgan fingerprint density at radius 2 is 2.00 bits per heavy atom. The molecule has 2 rings (SSSR count). The molecule has 0 aliphatic carbocycles. The van der Waals surface area contributed by atoms with Gasteiger partial charge in [-0.2, -0.15) is 0 Å². The maximum atomic E-state index is 14.2. The molecule has 0 spiro atoms. The summed E-state index contributed by atoms with van der Waals surface area (Å²) in [6.45, 7) is 1.59. The number of hydrogen-bond donors (Lipinski definition) is 1. The monoisotopic (exact) mass is 348 g/mol. The van der Waals surface area contributed by atoms with Crippen LogP contribution in [0.15, 0.2) is 42.5 Å². The van der Waals surface area contributed by atoms with E-state index in [9.17, 15) is 19.3 Å². The van der Waals surface area contributed by atoms with Crippen LogP contribution in [0.5, 0.6) is 5.75 Å². The molecule has 0 aliphatic rings. The molecule has 0 amide bonds.